The molecule has 0 aliphatic heterocycles. The highest BCUT2D eigenvalue weighted by Crippen LogP contribution is 2.29. The Morgan fingerprint density at radius 1 is 1.19 bits per heavy atom. The van der Waals surface area contributed by atoms with E-state index in [1.54, 1.807) is 0 Å². The molecule has 1 unspecified atom stereocenters. The molecule has 21 heavy (non-hydrogen) atoms. The Bertz CT molecular complexity index is 350. The van der Waals surface area contributed by atoms with Gasteiger partial charge < -0.3 is 20.8 Å². The topological polar surface area (TPSA) is 98.7 Å². The minimum atomic E-state index is -1.43. The maximum absolute atomic E-state index is 11.6. The molecule has 0 aromatic carbocycles. The fourth-order valence-corrected chi connectivity index (χ4v) is 2.73. The van der Waals surface area contributed by atoms with Gasteiger partial charge in [-0.15, -0.1) is 0 Å². The Hall–Kier alpha value is -1.30. The number of aliphatic hydroxyl groups is 1. The SMILES string of the molecule is CC1CCC(CCNC(=O)NCC(C)(O)CC(=O)O)CC1. The molecule has 1 atom stereocenters. The van der Waals surface area contributed by atoms with Crippen molar-refractivity contribution < 1.29 is 19.8 Å². The summed E-state index contributed by atoms with van der Waals surface area (Å²) in [5, 5.41) is 23.7. The van der Waals surface area contributed by atoms with E-state index >= 15 is 0 Å². The number of hydrogen-bond acceptors (Lipinski definition) is 3. The first-order valence-corrected chi connectivity index (χ1v) is 7.74. The van der Waals surface area contributed by atoms with Gasteiger partial charge in [-0.05, 0) is 25.2 Å². The van der Waals surface area contributed by atoms with Gasteiger partial charge in [-0.25, -0.2) is 4.79 Å². The molecule has 122 valence electrons. The lowest BCUT2D eigenvalue weighted by Crippen LogP contribution is -2.46. The van der Waals surface area contributed by atoms with Gasteiger partial charge in [0.05, 0.1) is 12.0 Å². The maximum Gasteiger partial charge on any atom is 0.314 e. The molecule has 1 saturated carbocycles. The van der Waals surface area contributed by atoms with Crippen LogP contribution in [0, 0.1) is 11.8 Å². The van der Waals surface area contributed by atoms with E-state index in [9.17, 15) is 14.7 Å². The van der Waals surface area contributed by atoms with Gasteiger partial charge >= 0.3 is 12.0 Å². The van der Waals surface area contributed by atoms with E-state index in [0.717, 1.165) is 12.3 Å². The number of aliphatic carboxylic acids is 1. The van der Waals surface area contributed by atoms with Crippen LogP contribution < -0.4 is 10.6 Å². The molecule has 0 spiro atoms. The summed E-state index contributed by atoms with van der Waals surface area (Å²) in [5.41, 5.74) is -1.43. The van der Waals surface area contributed by atoms with Crippen molar-refractivity contribution in [3.05, 3.63) is 0 Å². The normalized spacial score (nSPS) is 24.9. The number of carboxylic acids is 1. The van der Waals surface area contributed by atoms with Gasteiger partial charge in [0.1, 0.15) is 0 Å². The average molecular weight is 300 g/mol. The monoisotopic (exact) mass is 300 g/mol. The lowest BCUT2D eigenvalue weighted by molar-refractivity contribution is -0.141. The molecule has 6 heteroatoms. The predicted molar refractivity (Wildman–Crippen MR) is 80.0 cm³/mol. The molecule has 1 rings (SSSR count). The molecule has 0 aromatic heterocycles. The minimum absolute atomic E-state index is 0.0773. The number of carbonyl (C=O) groups is 2. The van der Waals surface area contributed by atoms with E-state index in [2.05, 4.69) is 17.6 Å². The maximum atomic E-state index is 11.6. The highest BCUT2D eigenvalue weighted by molar-refractivity contribution is 5.74. The van der Waals surface area contributed by atoms with Crippen LogP contribution in [0.2, 0.25) is 0 Å². The summed E-state index contributed by atoms with van der Waals surface area (Å²) < 4.78 is 0. The van der Waals surface area contributed by atoms with Crippen LogP contribution in [0.4, 0.5) is 4.79 Å². The van der Waals surface area contributed by atoms with Crippen LogP contribution in [-0.4, -0.2) is 40.9 Å². The standard InChI is InChI=1S/C15H28N2O4/c1-11-3-5-12(6-4-11)7-8-16-14(20)17-10-15(2,21)9-13(18)19/h11-12,21H,3-10H2,1-2H3,(H,18,19)(H2,16,17,20). The molecule has 6 nitrogen and oxygen atoms in total. The van der Waals surface area contributed by atoms with E-state index in [0.29, 0.717) is 12.5 Å². The molecule has 0 bridgehead atoms. The zero-order valence-electron chi connectivity index (χ0n) is 13.0. The molecule has 1 aliphatic carbocycles. The highest BCUT2D eigenvalue weighted by atomic mass is 16.4. The van der Waals surface area contributed by atoms with Gasteiger partial charge in [0.2, 0.25) is 0 Å². The Morgan fingerprint density at radius 2 is 1.81 bits per heavy atom. The zero-order valence-corrected chi connectivity index (χ0v) is 13.0. The summed E-state index contributed by atoms with van der Waals surface area (Å²) in [6.45, 7) is 4.22. The lowest BCUT2D eigenvalue weighted by Gasteiger charge is -2.26. The third kappa shape index (κ3) is 7.90. The number of carbonyl (C=O) groups excluding carboxylic acids is 1. The molecule has 2 amide bonds. The minimum Gasteiger partial charge on any atom is -0.481 e. The number of rotatable bonds is 7. The Morgan fingerprint density at radius 3 is 2.38 bits per heavy atom. The average Bonchev–Trinajstić information content (AvgIpc) is 2.37. The highest BCUT2D eigenvalue weighted by Gasteiger charge is 2.24. The van der Waals surface area contributed by atoms with E-state index in [1.165, 1.54) is 32.6 Å². The number of amides is 2. The van der Waals surface area contributed by atoms with Crippen molar-refractivity contribution in [2.24, 2.45) is 11.8 Å². The molecule has 4 N–H and O–H groups in total. The lowest BCUT2D eigenvalue weighted by atomic mass is 9.81. The molecule has 0 heterocycles. The van der Waals surface area contributed by atoms with E-state index in [4.69, 9.17) is 5.11 Å². The van der Waals surface area contributed by atoms with Gasteiger partial charge in [-0.2, -0.15) is 0 Å². The van der Waals surface area contributed by atoms with Crippen molar-refractivity contribution in [3.8, 4) is 0 Å². The van der Waals surface area contributed by atoms with Crippen LogP contribution in [0.25, 0.3) is 0 Å². The van der Waals surface area contributed by atoms with Gasteiger partial charge in [-0.1, -0.05) is 32.6 Å². The molecule has 1 aliphatic rings. The van der Waals surface area contributed by atoms with Crippen molar-refractivity contribution in [3.63, 3.8) is 0 Å². The molecule has 0 radical (unpaired) electrons. The second kappa shape index (κ2) is 8.22. The third-order valence-electron chi connectivity index (χ3n) is 4.14. The Labute approximate surface area is 126 Å². The predicted octanol–water partition coefficient (Wildman–Crippen LogP) is 1.73. The van der Waals surface area contributed by atoms with Crippen molar-refractivity contribution in [1.29, 1.82) is 0 Å². The second-order valence-corrected chi connectivity index (χ2v) is 6.59. The van der Waals surface area contributed by atoms with Crippen molar-refractivity contribution >= 4 is 12.0 Å². The van der Waals surface area contributed by atoms with Crippen molar-refractivity contribution in [2.45, 2.75) is 58.0 Å². The van der Waals surface area contributed by atoms with E-state index in [-0.39, 0.29) is 12.6 Å². The molecule has 1 fully saturated rings. The van der Waals surface area contributed by atoms with Gasteiger partial charge in [0, 0.05) is 13.1 Å². The molecular weight excluding hydrogens is 272 g/mol. The van der Waals surface area contributed by atoms with Crippen molar-refractivity contribution in [2.75, 3.05) is 13.1 Å². The quantitative estimate of drug-likeness (QED) is 0.575. The molecule has 0 saturated heterocycles. The zero-order chi connectivity index (χ0) is 15.9. The first kappa shape index (κ1) is 17.8. The molecular formula is C15H28N2O4. The Kier molecular flexibility index (Phi) is 6.95. The number of urea groups is 1. The first-order chi connectivity index (χ1) is 9.78. The van der Waals surface area contributed by atoms with Crippen LogP contribution in [0.3, 0.4) is 0 Å². The summed E-state index contributed by atoms with van der Waals surface area (Å²) in [4.78, 5) is 22.1. The summed E-state index contributed by atoms with van der Waals surface area (Å²) in [5.74, 6) is 0.430. The third-order valence-corrected chi connectivity index (χ3v) is 4.14. The van der Waals surface area contributed by atoms with Gasteiger partial charge in [0.25, 0.3) is 0 Å². The van der Waals surface area contributed by atoms with Crippen LogP contribution in [-0.2, 0) is 4.79 Å². The van der Waals surface area contributed by atoms with Crippen molar-refractivity contribution in [1.82, 2.24) is 10.6 Å². The largest absolute Gasteiger partial charge is 0.481 e. The van der Waals surface area contributed by atoms with E-state index in [1.807, 2.05) is 0 Å². The van der Waals surface area contributed by atoms with Crippen LogP contribution in [0.1, 0.15) is 52.4 Å². The summed E-state index contributed by atoms with van der Waals surface area (Å²) >= 11 is 0. The first-order valence-electron chi connectivity index (χ1n) is 7.74. The number of carboxylic acid groups (broad SMARTS) is 1. The number of nitrogens with one attached hydrogen (secondary N) is 2. The van der Waals surface area contributed by atoms with Gasteiger partial charge in [-0.3, -0.25) is 4.79 Å². The van der Waals surface area contributed by atoms with E-state index < -0.39 is 18.0 Å². The Balaban J connectivity index is 2.12. The smallest absolute Gasteiger partial charge is 0.314 e. The van der Waals surface area contributed by atoms with Crippen LogP contribution in [0.5, 0.6) is 0 Å². The summed E-state index contributed by atoms with van der Waals surface area (Å²) in [6, 6.07) is -0.357. The van der Waals surface area contributed by atoms with Crippen LogP contribution in [0.15, 0.2) is 0 Å². The van der Waals surface area contributed by atoms with Crippen LogP contribution >= 0.6 is 0 Å². The summed E-state index contributed by atoms with van der Waals surface area (Å²) in [6.07, 6.45) is 5.60. The van der Waals surface area contributed by atoms with Gasteiger partial charge in [0.15, 0.2) is 0 Å². The number of hydrogen-bond donors (Lipinski definition) is 4. The molecule has 0 aromatic rings. The summed E-state index contributed by atoms with van der Waals surface area (Å²) in [7, 11) is 0. The fourth-order valence-electron chi connectivity index (χ4n) is 2.73. The second-order valence-electron chi connectivity index (χ2n) is 6.59. The fraction of sp³-hybridized carbons (Fsp3) is 0.867.